The number of carbonyl (C=O) groups excluding carboxylic acids is 1. The molecule has 82 valence electrons. The monoisotopic (exact) mass is 222 g/mol. The molecule has 0 aliphatic carbocycles. The highest BCUT2D eigenvalue weighted by Crippen LogP contribution is 2.02. The van der Waals surface area contributed by atoms with Gasteiger partial charge < -0.3 is 0 Å². The van der Waals surface area contributed by atoms with E-state index in [2.05, 4.69) is 6.58 Å². The normalized spacial score (nSPS) is 12.5. The summed E-state index contributed by atoms with van der Waals surface area (Å²) >= 11 is 0. The van der Waals surface area contributed by atoms with Crippen LogP contribution in [0.2, 0.25) is 0 Å². The molecule has 1 amide bonds. The van der Waals surface area contributed by atoms with Gasteiger partial charge in [0, 0.05) is 12.5 Å². The molecular weight excluding hydrogens is 206 g/mol. The third-order valence-electron chi connectivity index (χ3n) is 1.89. The first-order valence-electron chi connectivity index (χ1n) is 4.14. The maximum atomic E-state index is 11.2. The van der Waals surface area contributed by atoms with Crippen LogP contribution in [0, 0.1) is 0 Å². The Hall–Kier alpha value is -0.720. The van der Waals surface area contributed by atoms with Crippen molar-refractivity contribution < 1.29 is 22.2 Å². The van der Waals surface area contributed by atoms with Gasteiger partial charge >= 0.3 is 5.91 Å². The summed E-state index contributed by atoms with van der Waals surface area (Å²) < 4.78 is 29.3. The molecule has 0 aromatic rings. The van der Waals surface area contributed by atoms with Crippen LogP contribution in [0.15, 0.2) is 12.7 Å². The molecule has 1 N–H and O–H groups in total. The standard InChI is InChI=1S/C8H15NO4S/c1-4-8(10)9(2,3)6-5-7-14(11,12)13/h4H,1,5-7H2,2-3H3/p+1. The minimum Gasteiger partial charge on any atom is -0.286 e. The molecule has 5 nitrogen and oxygen atoms in total. The Morgan fingerprint density at radius 2 is 2.00 bits per heavy atom. The lowest BCUT2D eigenvalue weighted by atomic mass is 10.3. The van der Waals surface area contributed by atoms with E-state index in [1.807, 2.05) is 0 Å². The second-order valence-corrected chi connectivity index (χ2v) is 5.16. The fourth-order valence-electron chi connectivity index (χ4n) is 1.000. The van der Waals surface area contributed by atoms with Crippen LogP contribution in [0.25, 0.3) is 0 Å². The Bertz CT molecular complexity index is 318. The van der Waals surface area contributed by atoms with Gasteiger partial charge in [-0.3, -0.25) is 9.04 Å². The molecule has 0 heterocycles. The molecule has 0 aromatic carbocycles. The Morgan fingerprint density at radius 3 is 2.36 bits per heavy atom. The van der Waals surface area contributed by atoms with E-state index in [1.165, 1.54) is 6.08 Å². The van der Waals surface area contributed by atoms with Gasteiger partial charge in [-0.2, -0.15) is 8.42 Å². The number of rotatable bonds is 5. The summed E-state index contributed by atoms with van der Waals surface area (Å²) in [6, 6.07) is 0. The Labute approximate surface area is 84.4 Å². The van der Waals surface area contributed by atoms with Gasteiger partial charge in [-0.1, -0.05) is 6.58 Å². The third kappa shape index (κ3) is 5.11. The highest BCUT2D eigenvalue weighted by Gasteiger charge is 2.23. The summed E-state index contributed by atoms with van der Waals surface area (Å²) in [4.78, 5) is 11.2. The van der Waals surface area contributed by atoms with Crippen molar-refractivity contribution in [1.82, 2.24) is 0 Å². The lowest BCUT2D eigenvalue weighted by Gasteiger charge is -2.24. The van der Waals surface area contributed by atoms with Gasteiger partial charge in [0.2, 0.25) is 0 Å². The van der Waals surface area contributed by atoms with E-state index in [0.29, 0.717) is 6.54 Å². The van der Waals surface area contributed by atoms with Gasteiger partial charge in [0.05, 0.1) is 26.4 Å². The van der Waals surface area contributed by atoms with Crippen molar-refractivity contribution in [1.29, 1.82) is 0 Å². The van der Waals surface area contributed by atoms with Crippen LogP contribution in [0.3, 0.4) is 0 Å². The molecule has 0 saturated heterocycles. The number of quaternary nitrogens is 1. The Kier molecular flexibility index (Phi) is 4.44. The summed E-state index contributed by atoms with van der Waals surface area (Å²) in [5.41, 5.74) is 0. The van der Waals surface area contributed by atoms with Crippen LogP contribution < -0.4 is 0 Å². The van der Waals surface area contributed by atoms with Crippen molar-refractivity contribution in [2.45, 2.75) is 6.42 Å². The fourth-order valence-corrected chi connectivity index (χ4v) is 1.49. The zero-order chi connectivity index (χ0) is 11.4. The summed E-state index contributed by atoms with van der Waals surface area (Å²) in [6.45, 7) is 3.70. The molecule has 0 bridgehead atoms. The van der Waals surface area contributed by atoms with E-state index in [1.54, 1.807) is 14.1 Å². The number of nitrogens with zero attached hydrogens (tertiary/aromatic N) is 1. The van der Waals surface area contributed by atoms with Crippen molar-refractivity contribution in [3.05, 3.63) is 12.7 Å². The molecule has 0 atom stereocenters. The highest BCUT2D eigenvalue weighted by atomic mass is 32.2. The van der Waals surface area contributed by atoms with E-state index < -0.39 is 10.1 Å². The molecule has 6 heteroatoms. The van der Waals surface area contributed by atoms with Crippen molar-refractivity contribution in [3.8, 4) is 0 Å². The predicted molar refractivity (Wildman–Crippen MR) is 53.2 cm³/mol. The molecule has 0 aromatic heterocycles. The van der Waals surface area contributed by atoms with Crippen LogP contribution in [-0.2, 0) is 14.9 Å². The summed E-state index contributed by atoms with van der Waals surface area (Å²) in [5, 5.41) is 0. The molecule has 0 aliphatic rings. The van der Waals surface area contributed by atoms with Gasteiger partial charge in [-0.25, -0.2) is 4.79 Å². The SMILES string of the molecule is C=CC(=O)[N+](C)(C)CCCS(=O)(=O)O. The maximum absolute atomic E-state index is 11.2. The molecular formula is C8H16NO4S+. The number of likely N-dealkylation sites (N-methyl/N-ethyl adjacent to an activating group) is 1. The molecule has 0 aliphatic heterocycles. The second kappa shape index (κ2) is 4.68. The molecule has 0 unspecified atom stereocenters. The lowest BCUT2D eigenvalue weighted by molar-refractivity contribution is -0.811. The van der Waals surface area contributed by atoms with Gasteiger partial charge in [0.25, 0.3) is 10.1 Å². The molecule has 0 rings (SSSR count). The Morgan fingerprint density at radius 1 is 1.50 bits per heavy atom. The maximum Gasteiger partial charge on any atom is 0.337 e. The van der Waals surface area contributed by atoms with Gasteiger partial charge in [-0.05, 0) is 0 Å². The largest absolute Gasteiger partial charge is 0.337 e. The molecule has 14 heavy (non-hydrogen) atoms. The van der Waals surface area contributed by atoms with Crippen LogP contribution >= 0.6 is 0 Å². The number of carbonyl (C=O) groups is 1. The first kappa shape index (κ1) is 13.3. The minimum absolute atomic E-state index is 0.0407. The topological polar surface area (TPSA) is 71.4 Å². The predicted octanol–water partition coefficient (Wildman–Crippen LogP) is 0.0533. The third-order valence-corrected chi connectivity index (χ3v) is 2.70. The average Bonchev–Trinajstić information content (AvgIpc) is 2.00. The fraction of sp³-hybridized carbons (Fsp3) is 0.625. The van der Waals surface area contributed by atoms with Gasteiger partial charge in [0.15, 0.2) is 0 Å². The number of amides is 1. The van der Waals surface area contributed by atoms with E-state index in [-0.39, 0.29) is 22.6 Å². The summed E-state index contributed by atoms with van der Waals surface area (Å²) in [7, 11) is -0.605. The number of hydrogen-bond donors (Lipinski definition) is 1. The highest BCUT2D eigenvalue weighted by molar-refractivity contribution is 7.85. The van der Waals surface area contributed by atoms with Crippen molar-refractivity contribution in [3.63, 3.8) is 0 Å². The molecule has 0 fully saturated rings. The van der Waals surface area contributed by atoms with Crippen molar-refractivity contribution in [2.75, 3.05) is 26.4 Å². The minimum atomic E-state index is -3.93. The number of hydrogen-bond acceptors (Lipinski definition) is 3. The Balaban J connectivity index is 4.13. The van der Waals surface area contributed by atoms with E-state index >= 15 is 0 Å². The lowest BCUT2D eigenvalue weighted by Crippen LogP contribution is -2.45. The smallest absolute Gasteiger partial charge is 0.286 e. The zero-order valence-electron chi connectivity index (χ0n) is 8.43. The van der Waals surface area contributed by atoms with Crippen molar-refractivity contribution >= 4 is 16.0 Å². The van der Waals surface area contributed by atoms with E-state index in [9.17, 15) is 13.2 Å². The first-order chi connectivity index (χ1) is 6.19. The first-order valence-corrected chi connectivity index (χ1v) is 5.75. The van der Waals surface area contributed by atoms with Crippen LogP contribution in [0.5, 0.6) is 0 Å². The average molecular weight is 222 g/mol. The molecule has 0 spiro atoms. The summed E-state index contributed by atoms with van der Waals surface area (Å²) in [5.74, 6) is -0.501. The van der Waals surface area contributed by atoms with E-state index in [4.69, 9.17) is 4.55 Å². The van der Waals surface area contributed by atoms with Gasteiger partial charge in [-0.15, -0.1) is 0 Å². The van der Waals surface area contributed by atoms with Crippen LogP contribution in [0.1, 0.15) is 6.42 Å². The zero-order valence-corrected chi connectivity index (χ0v) is 9.25. The van der Waals surface area contributed by atoms with Crippen LogP contribution in [0.4, 0.5) is 0 Å². The summed E-state index contributed by atoms with van der Waals surface area (Å²) in [6.07, 6.45) is 1.44. The van der Waals surface area contributed by atoms with Crippen LogP contribution in [-0.4, -0.2) is 49.8 Å². The van der Waals surface area contributed by atoms with Gasteiger partial charge in [0.1, 0.15) is 0 Å². The molecule has 0 saturated carbocycles. The van der Waals surface area contributed by atoms with Crippen molar-refractivity contribution in [2.24, 2.45) is 0 Å². The van der Waals surface area contributed by atoms with E-state index in [0.717, 1.165) is 0 Å². The quantitative estimate of drug-likeness (QED) is 0.405. The second-order valence-electron chi connectivity index (χ2n) is 3.59. The molecule has 0 radical (unpaired) electrons.